The maximum absolute atomic E-state index is 13.7. The fourth-order valence-corrected chi connectivity index (χ4v) is 5.32. The van der Waals surface area contributed by atoms with Gasteiger partial charge in [-0.3, -0.25) is 9.78 Å². The molecule has 7 nitrogen and oxygen atoms in total. The lowest BCUT2D eigenvalue weighted by atomic mass is 10.1. The van der Waals surface area contributed by atoms with Crippen LogP contribution in [0.25, 0.3) is 21.9 Å². The van der Waals surface area contributed by atoms with Gasteiger partial charge in [0.2, 0.25) is 0 Å². The Kier molecular flexibility index (Phi) is 4.53. The van der Waals surface area contributed by atoms with Crippen LogP contribution in [0, 0.1) is 6.92 Å². The maximum Gasteiger partial charge on any atom is 0.350 e. The normalized spacial score (nSPS) is 11.8. The Hall–Kier alpha value is -4.04. The first-order valence-electron chi connectivity index (χ1n) is 9.83. The van der Waals surface area contributed by atoms with Crippen molar-refractivity contribution in [1.82, 2.24) is 13.5 Å². The third-order valence-corrected chi connectivity index (χ3v) is 7.04. The van der Waals surface area contributed by atoms with E-state index in [0.29, 0.717) is 9.36 Å². The standard InChI is InChI=1S/C24H17N3O4S/c1-16-11-13-18(14-12-16)23(28)26-19-8-2-3-9-20(19)27(24(26)29)32(30,31)21-10-4-6-17-7-5-15-25-22(17)21/h2-15H,1H3. The summed E-state index contributed by atoms with van der Waals surface area (Å²) in [5.74, 6) is -0.601. The lowest BCUT2D eigenvalue weighted by molar-refractivity contribution is 0.0961. The molecule has 0 atom stereocenters. The number of nitrogens with zero attached hydrogens (tertiary/aromatic N) is 3. The van der Waals surface area contributed by atoms with Crippen LogP contribution in [0.2, 0.25) is 0 Å². The van der Waals surface area contributed by atoms with Gasteiger partial charge in [-0.15, -0.1) is 0 Å². The van der Waals surface area contributed by atoms with Crippen molar-refractivity contribution in [3.8, 4) is 0 Å². The van der Waals surface area contributed by atoms with Crippen LogP contribution in [0.1, 0.15) is 15.9 Å². The summed E-state index contributed by atoms with van der Waals surface area (Å²) in [5.41, 5.74) is 0.867. The molecule has 0 unspecified atom stereocenters. The van der Waals surface area contributed by atoms with Crippen LogP contribution < -0.4 is 5.69 Å². The lowest BCUT2D eigenvalue weighted by Gasteiger charge is -2.08. The molecule has 0 fully saturated rings. The number of rotatable bonds is 3. The fourth-order valence-electron chi connectivity index (χ4n) is 3.76. The van der Waals surface area contributed by atoms with E-state index in [1.54, 1.807) is 66.7 Å². The number of carbonyl (C=O) groups is 1. The van der Waals surface area contributed by atoms with Crippen LogP contribution in [-0.2, 0) is 10.0 Å². The third kappa shape index (κ3) is 2.96. The Balaban J connectivity index is 1.81. The zero-order valence-corrected chi connectivity index (χ0v) is 17.8. The van der Waals surface area contributed by atoms with Crippen LogP contribution in [0.4, 0.5) is 0 Å². The van der Waals surface area contributed by atoms with Crippen molar-refractivity contribution < 1.29 is 13.2 Å². The molecule has 0 amide bonds. The van der Waals surface area contributed by atoms with Crippen LogP contribution in [0.5, 0.6) is 0 Å². The number of pyridine rings is 1. The molecule has 8 heteroatoms. The molecule has 0 aliphatic carbocycles. The summed E-state index contributed by atoms with van der Waals surface area (Å²) < 4.78 is 29.0. The van der Waals surface area contributed by atoms with E-state index in [1.165, 1.54) is 18.3 Å². The molecule has 0 radical (unpaired) electrons. The summed E-state index contributed by atoms with van der Waals surface area (Å²) in [6.07, 6.45) is 1.49. The van der Waals surface area contributed by atoms with Gasteiger partial charge < -0.3 is 0 Å². The van der Waals surface area contributed by atoms with E-state index in [9.17, 15) is 18.0 Å². The predicted molar refractivity (Wildman–Crippen MR) is 121 cm³/mol. The van der Waals surface area contributed by atoms with Gasteiger partial charge in [-0.05, 0) is 43.3 Å². The predicted octanol–water partition coefficient (Wildman–Crippen LogP) is 3.59. The van der Waals surface area contributed by atoms with E-state index in [-0.39, 0.29) is 27.0 Å². The summed E-state index contributed by atoms with van der Waals surface area (Å²) in [6.45, 7) is 1.89. The van der Waals surface area contributed by atoms with Crippen LogP contribution in [-0.4, -0.2) is 27.8 Å². The SMILES string of the molecule is Cc1ccc(C(=O)n2c(=O)n(S(=O)(=O)c3cccc4cccnc34)c3ccccc32)cc1. The average Bonchev–Trinajstić information content (AvgIpc) is 3.11. The molecule has 2 heterocycles. The van der Waals surface area contributed by atoms with Crippen LogP contribution >= 0.6 is 0 Å². The Morgan fingerprint density at radius 3 is 2.28 bits per heavy atom. The second-order valence-electron chi connectivity index (χ2n) is 7.38. The highest BCUT2D eigenvalue weighted by atomic mass is 32.2. The number of benzene rings is 3. The molecule has 0 N–H and O–H groups in total. The number of hydrogen-bond donors (Lipinski definition) is 0. The minimum absolute atomic E-state index is 0.108. The molecule has 0 saturated carbocycles. The highest BCUT2D eigenvalue weighted by Crippen LogP contribution is 2.25. The van der Waals surface area contributed by atoms with E-state index in [0.717, 1.165) is 10.1 Å². The third-order valence-electron chi connectivity index (χ3n) is 5.32. The van der Waals surface area contributed by atoms with Gasteiger partial charge in [0, 0.05) is 17.1 Å². The smallest absolute Gasteiger partial charge is 0.268 e. The van der Waals surface area contributed by atoms with Gasteiger partial charge in [-0.1, -0.05) is 48.0 Å². The zero-order chi connectivity index (χ0) is 22.5. The monoisotopic (exact) mass is 443 g/mol. The van der Waals surface area contributed by atoms with Gasteiger partial charge in [0.25, 0.3) is 15.9 Å². The summed E-state index contributed by atoms with van der Waals surface area (Å²) in [4.78, 5) is 30.8. The van der Waals surface area contributed by atoms with E-state index in [1.807, 2.05) is 6.92 Å². The van der Waals surface area contributed by atoms with E-state index < -0.39 is 21.6 Å². The van der Waals surface area contributed by atoms with Gasteiger partial charge in [0.1, 0.15) is 4.90 Å². The number of aryl methyl sites for hydroxylation is 1. The highest BCUT2D eigenvalue weighted by molar-refractivity contribution is 7.90. The summed E-state index contributed by atoms with van der Waals surface area (Å²) in [7, 11) is -4.36. The van der Waals surface area contributed by atoms with Crippen molar-refractivity contribution in [3.63, 3.8) is 0 Å². The average molecular weight is 443 g/mol. The molecule has 158 valence electrons. The van der Waals surface area contributed by atoms with Crippen molar-refractivity contribution in [2.24, 2.45) is 0 Å². The summed E-state index contributed by atoms with van der Waals surface area (Å²) in [5, 5.41) is 0.626. The lowest BCUT2D eigenvalue weighted by Crippen LogP contribution is -2.33. The molecule has 5 rings (SSSR count). The molecule has 32 heavy (non-hydrogen) atoms. The van der Waals surface area contributed by atoms with Crippen molar-refractivity contribution >= 4 is 37.9 Å². The van der Waals surface area contributed by atoms with Crippen molar-refractivity contribution in [1.29, 1.82) is 0 Å². The Morgan fingerprint density at radius 1 is 0.844 bits per heavy atom. The molecule has 0 aliphatic rings. The maximum atomic E-state index is 13.7. The molecule has 3 aromatic carbocycles. The van der Waals surface area contributed by atoms with Gasteiger partial charge in [0.15, 0.2) is 0 Å². The molecule has 0 saturated heterocycles. The largest absolute Gasteiger partial charge is 0.350 e. The number of hydrogen-bond acceptors (Lipinski definition) is 5. The van der Waals surface area contributed by atoms with E-state index in [2.05, 4.69) is 4.98 Å². The molecular formula is C24H17N3O4S. The Labute approximate surface area is 183 Å². The molecule has 0 spiro atoms. The molecule has 0 aliphatic heterocycles. The Bertz CT molecular complexity index is 1680. The number of aromatic nitrogens is 3. The van der Waals surface area contributed by atoms with Gasteiger partial charge in [-0.25, -0.2) is 17.8 Å². The fraction of sp³-hybridized carbons (Fsp3) is 0.0417. The topological polar surface area (TPSA) is 91.0 Å². The molecule has 2 aromatic heterocycles. The van der Waals surface area contributed by atoms with E-state index in [4.69, 9.17) is 0 Å². The van der Waals surface area contributed by atoms with Crippen molar-refractivity contribution in [2.75, 3.05) is 0 Å². The first-order valence-corrected chi connectivity index (χ1v) is 11.3. The van der Waals surface area contributed by atoms with Gasteiger partial charge in [0.05, 0.1) is 16.6 Å². The van der Waals surface area contributed by atoms with Gasteiger partial charge >= 0.3 is 5.69 Å². The molecule has 5 aromatic rings. The minimum atomic E-state index is -4.36. The highest BCUT2D eigenvalue weighted by Gasteiger charge is 2.29. The van der Waals surface area contributed by atoms with Gasteiger partial charge in [-0.2, -0.15) is 3.97 Å². The number of imidazole rings is 1. The Morgan fingerprint density at radius 2 is 1.53 bits per heavy atom. The summed E-state index contributed by atoms with van der Waals surface area (Å²) >= 11 is 0. The van der Waals surface area contributed by atoms with Crippen LogP contribution in [0.3, 0.4) is 0 Å². The molecular weight excluding hydrogens is 426 g/mol. The second kappa shape index (κ2) is 7.28. The van der Waals surface area contributed by atoms with Crippen molar-refractivity contribution in [2.45, 2.75) is 11.8 Å². The first kappa shape index (κ1) is 19.9. The van der Waals surface area contributed by atoms with E-state index >= 15 is 0 Å². The first-order chi connectivity index (χ1) is 15.4. The number of fused-ring (bicyclic) bond motifs is 2. The second-order valence-corrected chi connectivity index (χ2v) is 9.13. The van der Waals surface area contributed by atoms with Crippen LogP contribution in [0.15, 0.2) is 94.7 Å². The molecule has 0 bridgehead atoms. The summed E-state index contributed by atoms with van der Waals surface area (Å²) in [6, 6.07) is 21.3. The zero-order valence-electron chi connectivity index (χ0n) is 17.0. The van der Waals surface area contributed by atoms with Crippen molar-refractivity contribution in [3.05, 3.63) is 107 Å². The minimum Gasteiger partial charge on any atom is -0.268 e. The quantitative estimate of drug-likeness (QED) is 0.425. The number of para-hydroxylation sites is 3. The number of carbonyl (C=O) groups excluding carboxylic acids is 1.